The molecule has 8 nitrogen and oxygen atoms in total. The van der Waals surface area contributed by atoms with Gasteiger partial charge in [0.25, 0.3) is 0 Å². The van der Waals surface area contributed by atoms with Crippen molar-refractivity contribution < 1.29 is 4.74 Å². The molecule has 2 aliphatic rings. The summed E-state index contributed by atoms with van der Waals surface area (Å²) in [6, 6.07) is 9.99. The zero-order chi connectivity index (χ0) is 18.5. The number of piperidine rings is 1. The van der Waals surface area contributed by atoms with Gasteiger partial charge < -0.3 is 19.9 Å². The van der Waals surface area contributed by atoms with Gasteiger partial charge >= 0.3 is 0 Å². The minimum atomic E-state index is 0.368. The average molecular weight is 365 g/mol. The van der Waals surface area contributed by atoms with Gasteiger partial charge in [-0.05, 0) is 31.0 Å². The van der Waals surface area contributed by atoms with Gasteiger partial charge in [0, 0.05) is 38.4 Å². The third-order valence-corrected chi connectivity index (χ3v) is 4.96. The third-order valence-electron chi connectivity index (χ3n) is 4.96. The van der Waals surface area contributed by atoms with Gasteiger partial charge in [0.1, 0.15) is 23.4 Å². The monoisotopic (exact) mass is 365 g/mol. The van der Waals surface area contributed by atoms with E-state index in [-0.39, 0.29) is 0 Å². The quantitative estimate of drug-likeness (QED) is 0.875. The molecule has 1 N–H and O–H groups in total. The fraction of sp³-hybridized carbons (Fsp3) is 0.474. The van der Waals surface area contributed by atoms with E-state index in [1.807, 2.05) is 24.4 Å². The number of nitriles is 1. The van der Waals surface area contributed by atoms with Crippen molar-refractivity contribution >= 4 is 17.6 Å². The van der Waals surface area contributed by atoms with E-state index < -0.39 is 0 Å². The third kappa shape index (κ3) is 4.26. The molecule has 0 aliphatic carbocycles. The van der Waals surface area contributed by atoms with Gasteiger partial charge in [-0.15, -0.1) is 0 Å². The van der Waals surface area contributed by atoms with Gasteiger partial charge in [0.2, 0.25) is 5.95 Å². The van der Waals surface area contributed by atoms with Crippen LogP contribution in [0.5, 0.6) is 0 Å². The topological polar surface area (TPSA) is 90.2 Å². The molecule has 2 saturated heterocycles. The Labute approximate surface area is 158 Å². The van der Waals surface area contributed by atoms with Crippen molar-refractivity contribution in [2.24, 2.45) is 0 Å². The molecule has 0 unspecified atom stereocenters. The van der Waals surface area contributed by atoms with E-state index in [0.717, 1.165) is 69.8 Å². The van der Waals surface area contributed by atoms with E-state index in [2.05, 4.69) is 36.1 Å². The summed E-state index contributed by atoms with van der Waals surface area (Å²) in [5.74, 6) is 2.51. The summed E-state index contributed by atoms with van der Waals surface area (Å²) in [4.78, 5) is 17.9. The predicted molar refractivity (Wildman–Crippen MR) is 103 cm³/mol. The van der Waals surface area contributed by atoms with Crippen molar-refractivity contribution in [1.82, 2.24) is 15.0 Å². The Morgan fingerprint density at radius 2 is 1.85 bits per heavy atom. The summed E-state index contributed by atoms with van der Waals surface area (Å²) < 4.78 is 5.39. The number of nitrogens with zero attached hydrogens (tertiary/aromatic N) is 6. The normalized spacial score (nSPS) is 18.2. The number of pyridine rings is 1. The van der Waals surface area contributed by atoms with Crippen LogP contribution in [0.1, 0.15) is 18.5 Å². The number of hydrogen-bond acceptors (Lipinski definition) is 8. The number of ether oxygens (including phenoxy) is 1. The van der Waals surface area contributed by atoms with E-state index in [1.54, 1.807) is 6.07 Å². The molecule has 4 rings (SSSR count). The highest BCUT2D eigenvalue weighted by Gasteiger charge is 2.21. The minimum absolute atomic E-state index is 0.368. The zero-order valence-corrected chi connectivity index (χ0v) is 15.2. The first-order chi connectivity index (χ1) is 13.3. The Morgan fingerprint density at radius 3 is 2.63 bits per heavy atom. The lowest BCUT2D eigenvalue weighted by molar-refractivity contribution is 0.122. The van der Waals surface area contributed by atoms with Crippen LogP contribution >= 0.6 is 0 Å². The lowest BCUT2D eigenvalue weighted by Crippen LogP contribution is -2.40. The van der Waals surface area contributed by atoms with Crippen LogP contribution in [-0.4, -0.2) is 60.4 Å². The first-order valence-corrected chi connectivity index (χ1v) is 9.36. The van der Waals surface area contributed by atoms with Crippen molar-refractivity contribution in [3.8, 4) is 6.07 Å². The van der Waals surface area contributed by atoms with E-state index >= 15 is 0 Å². The van der Waals surface area contributed by atoms with Gasteiger partial charge in [-0.2, -0.15) is 10.2 Å². The van der Waals surface area contributed by atoms with Crippen LogP contribution < -0.4 is 15.1 Å². The Hall–Kier alpha value is -2.92. The molecular formula is C19H23N7O. The molecule has 2 aliphatic heterocycles. The second-order valence-electron chi connectivity index (χ2n) is 6.74. The van der Waals surface area contributed by atoms with Crippen LogP contribution in [0.3, 0.4) is 0 Å². The van der Waals surface area contributed by atoms with Crippen LogP contribution in [0, 0.1) is 11.3 Å². The molecular weight excluding hydrogens is 342 g/mol. The smallest absolute Gasteiger partial charge is 0.227 e. The lowest BCUT2D eigenvalue weighted by Gasteiger charge is -2.33. The Morgan fingerprint density at radius 1 is 1.04 bits per heavy atom. The van der Waals surface area contributed by atoms with Gasteiger partial charge in [-0.1, -0.05) is 6.07 Å². The number of aromatic nitrogens is 3. The molecule has 4 heterocycles. The van der Waals surface area contributed by atoms with Crippen LogP contribution in [0.25, 0.3) is 0 Å². The molecule has 0 spiro atoms. The molecule has 0 bridgehead atoms. The molecule has 140 valence electrons. The molecule has 2 aromatic heterocycles. The van der Waals surface area contributed by atoms with Crippen molar-refractivity contribution in [3.63, 3.8) is 0 Å². The number of hydrogen-bond donors (Lipinski definition) is 1. The Bertz CT molecular complexity index is 808. The molecule has 27 heavy (non-hydrogen) atoms. The molecule has 0 atom stereocenters. The largest absolute Gasteiger partial charge is 0.378 e. The first kappa shape index (κ1) is 17.5. The van der Waals surface area contributed by atoms with Crippen molar-refractivity contribution in [1.29, 1.82) is 5.26 Å². The SMILES string of the molecule is N#Cc1cccc(N2CCC(Nc3ccnc(N4CCOCC4)n3)CC2)n1. The van der Waals surface area contributed by atoms with Gasteiger partial charge in [-0.25, -0.2) is 9.97 Å². The maximum absolute atomic E-state index is 9.02. The van der Waals surface area contributed by atoms with Gasteiger partial charge in [0.05, 0.1) is 13.2 Å². The van der Waals surface area contributed by atoms with Crippen LogP contribution in [0.2, 0.25) is 0 Å². The minimum Gasteiger partial charge on any atom is -0.378 e. The molecule has 0 aromatic carbocycles. The Balaban J connectivity index is 1.34. The van der Waals surface area contributed by atoms with Crippen LogP contribution in [0.4, 0.5) is 17.6 Å². The summed E-state index contributed by atoms with van der Waals surface area (Å²) in [6.07, 6.45) is 3.80. The van der Waals surface area contributed by atoms with Crippen LogP contribution in [-0.2, 0) is 4.74 Å². The molecule has 2 aromatic rings. The van der Waals surface area contributed by atoms with Gasteiger partial charge in [-0.3, -0.25) is 0 Å². The second kappa shape index (κ2) is 8.18. The predicted octanol–water partition coefficient (Wildman–Crippen LogP) is 1.66. The molecule has 0 amide bonds. The van der Waals surface area contributed by atoms with Crippen molar-refractivity contribution in [3.05, 3.63) is 36.2 Å². The first-order valence-electron chi connectivity index (χ1n) is 9.36. The van der Waals surface area contributed by atoms with Gasteiger partial charge in [0.15, 0.2) is 0 Å². The second-order valence-corrected chi connectivity index (χ2v) is 6.74. The number of rotatable bonds is 4. The summed E-state index contributed by atoms with van der Waals surface area (Å²) in [5.41, 5.74) is 0.462. The fourth-order valence-electron chi connectivity index (χ4n) is 3.47. The lowest BCUT2D eigenvalue weighted by atomic mass is 10.1. The summed E-state index contributed by atoms with van der Waals surface area (Å²) in [7, 11) is 0. The van der Waals surface area contributed by atoms with E-state index in [0.29, 0.717) is 11.7 Å². The molecule has 0 saturated carbocycles. The Kier molecular flexibility index (Phi) is 5.30. The number of anilines is 3. The van der Waals surface area contributed by atoms with Crippen molar-refractivity contribution in [2.45, 2.75) is 18.9 Å². The summed E-state index contributed by atoms with van der Waals surface area (Å²) >= 11 is 0. The standard InChI is InChI=1S/C19H23N7O/c20-14-16-2-1-3-18(23-16)25-8-5-15(6-9-25)22-17-4-7-21-19(24-17)26-10-12-27-13-11-26/h1-4,7,15H,5-6,8-13H2,(H,21,22,24). The zero-order valence-electron chi connectivity index (χ0n) is 15.2. The average Bonchev–Trinajstić information content (AvgIpc) is 2.75. The molecule has 8 heteroatoms. The van der Waals surface area contributed by atoms with Crippen molar-refractivity contribution in [2.75, 3.05) is 54.5 Å². The maximum Gasteiger partial charge on any atom is 0.227 e. The van der Waals surface area contributed by atoms with E-state index in [9.17, 15) is 0 Å². The number of morpholine rings is 1. The highest BCUT2D eigenvalue weighted by atomic mass is 16.5. The van der Waals surface area contributed by atoms with E-state index in [4.69, 9.17) is 10.00 Å². The highest BCUT2D eigenvalue weighted by molar-refractivity contribution is 5.44. The summed E-state index contributed by atoms with van der Waals surface area (Å²) in [5, 5.41) is 12.6. The molecule has 0 radical (unpaired) electrons. The summed E-state index contributed by atoms with van der Waals surface area (Å²) in [6.45, 7) is 4.91. The molecule has 2 fully saturated rings. The number of nitrogens with one attached hydrogen (secondary N) is 1. The maximum atomic E-state index is 9.02. The highest BCUT2D eigenvalue weighted by Crippen LogP contribution is 2.21. The fourth-order valence-corrected chi connectivity index (χ4v) is 3.47. The van der Waals surface area contributed by atoms with E-state index in [1.165, 1.54) is 0 Å². The van der Waals surface area contributed by atoms with Crippen LogP contribution in [0.15, 0.2) is 30.5 Å².